The summed E-state index contributed by atoms with van der Waals surface area (Å²) in [5.41, 5.74) is 2.86. The number of carbonyl (C=O) groups is 1. The lowest BCUT2D eigenvalue weighted by molar-refractivity contribution is 0.205. The van der Waals surface area contributed by atoms with Gasteiger partial charge in [-0.2, -0.15) is 0 Å². The number of carbonyl (C=O) groups excluding carboxylic acids is 1. The normalized spacial score (nSPS) is 13.2. The van der Waals surface area contributed by atoms with E-state index in [4.69, 9.17) is 16.3 Å². The van der Waals surface area contributed by atoms with Gasteiger partial charge in [-0.05, 0) is 56.2 Å². The predicted octanol–water partition coefficient (Wildman–Crippen LogP) is 5.88. The summed E-state index contributed by atoms with van der Waals surface area (Å²) in [6.07, 6.45) is 2.08. The summed E-state index contributed by atoms with van der Waals surface area (Å²) in [5.74, 6) is 0.753. The van der Waals surface area contributed by atoms with Crippen molar-refractivity contribution in [2.75, 3.05) is 5.32 Å². The number of aryl methyl sites for hydroxylation is 1. The van der Waals surface area contributed by atoms with E-state index < -0.39 is 0 Å². The lowest BCUT2D eigenvalue weighted by atomic mass is 10.2. The Hall–Kier alpha value is -2.57. The number of benzene rings is 2. The topological polar surface area (TPSA) is 54.5 Å². The number of hydrogen-bond acceptors (Lipinski definition) is 4. The molecule has 1 aliphatic carbocycles. The molecule has 1 aliphatic rings. The number of anilines is 1. The maximum absolute atomic E-state index is 12.8. The van der Waals surface area contributed by atoms with E-state index in [1.54, 1.807) is 23.5 Å². The van der Waals surface area contributed by atoms with Crippen molar-refractivity contribution in [2.45, 2.75) is 39.0 Å². The van der Waals surface area contributed by atoms with Gasteiger partial charge in [0.1, 0.15) is 17.4 Å². The number of aromatic nitrogens is 1. The Kier molecular flexibility index (Phi) is 6.02. The van der Waals surface area contributed by atoms with E-state index in [2.05, 4.69) is 10.3 Å². The van der Waals surface area contributed by atoms with Gasteiger partial charge in [-0.25, -0.2) is 9.78 Å². The molecule has 3 aromatic rings. The van der Waals surface area contributed by atoms with Crippen LogP contribution in [-0.2, 0) is 13.2 Å². The first-order valence-electron chi connectivity index (χ1n) is 9.53. The molecule has 150 valence electrons. The number of thiazole rings is 1. The Labute approximate surface area is 179 Å². The molecule has 0 unspecified atom stereocenters. The smallest absolute Gasteiger partial charge is 0.322 e. The monoisotopic (exact) mass is 427 g/mol. The summed E-state index contributed by atoms with van der Waals surface area (Å²) >= 11 is 7.43. The quantitative estimate of drug-likeness (QED) is 0.512. The number of ether oxygens (including phenoxy) is 1. The molecule has 1 saturated carbocycles. The fourth-order valence-corrected chi connectivity index (χ4v) is 3.75. The SMILES string of the molecule is Cc1ccc(NC(=O)N(Cc2csc(COc3ccc(Cl)cc3)n2)C2CC2)cc1. The van der Waals surface area contributed by atoms with Crippen LogP contribution in [0.25, 0.3) is 0 Å². The Morgan fingerprint density at radius 1 is 1.21 bits per heavy atom. The zero-order valence-electron chi connectivity index (χ0n) is 16.1. The molecule has 2 aromatic carbocycles. The lowest BCUT2D eigenvalue weighted by Gasteiger charge is -2.22. The molecule has 1 N–H and O–H groups in total. The van der Waals surface area contributed by atoms with Crippen molar-refractivity contribution in [1.82, 2.24) is 9.88 Å². The van der Waals surface area contributed by atoms with Crippen LogP contribution in [0.4, 0.5) is 10.5 Å². The van der Waals surface area contributed by atoms with Crippen LogP contribution < -0.4 is 10.1 Å². The number of hydrogen-bond donors (Lipinski definition) is 1. The largest absolute Gasteiger partial charge is 0.486 e. The first-order valence-corrected chi connectivity index (χ1v) is 10.8. The lowest BCUT2D eigenvalue weighted by Crippen LogP contribution is -2.36. The minimum absolute atomic E-state index is 0.0803. The van der Waals surface area contributed by atoms with E-state index in [9.17, 15) is 4.79 Å². The molecule has 0 aliphatic heterocycles. The molecular weight excluding hydrogens is 406 g/mol. The highest BCUT2D eigenvalue weighted by molar-refractivity contribution is 7.09. The molecule has 29 heavy (non-hydrogen) atoms. The minimum atomic E-state index is -0.0803. The van der Waals surface area contributed by atoms with Gasteiger partial charge in [-0.15, -0.1) is 11.3 Å². The highest BCUT2D eigenvalue weighted by Crippen LogP contribution is 2.29. The van der Waals surface area contributed by atoms with E-state index in [1.807, 2.05) is 53.6 Å². The molecule has 0 radical (unpaired) electrons. The first-order chi connectivity index (χ1) is 14.1. The number of nitrogens with one attached hydrogen (secondary N) is 1. The van der Waals surface area contributed by atoms with Crippen molar-refractivity contribution in [3.63, 3.8) is 0 Å². The van der Waals surface area contributed by atoms with Crippen LogP contribution in [0.5, 0.6) is 5.75 Å². The van der Waals surface area contributed by atoms with Gasteiger partial charge in [-0.3, -0.25) is 0 Å². The molecule has 0 atom stereocenters. The Balaban J connectivity index is 1.35. The van der Waals surface area contributed by atoms with E-state index in [0.29, 0.717) is 18.2 Å². The van der Waals surface area contributed by atoms with Gasteiger partial charge in [0.05, 0.1) is 12.2 Å². The van der Waals surface area contributed by atoms with E-state index in [1.165, 1.54) is 0 Å². The Morgan fingerprint density at radius 2 is 1.93 bits per heavy atom. The minimum Gasteiger partial charge on any atom is -0.486 e. The van der Waals surface area contributed by atoms with Crippen LogP contribution in [0.2, 0.25) is 5.02 Å². The molecule has 0 spiro atoms. The van der Waals surface area contributed by atoms with Gasteiger partial charge in [0.25, 0.3) is 0 Å². The summed E-state index contributed by atoms with van der Waals surface area (Å²) < 4.78 is 5.76. The van der Waals surface area contributed by atoms with Crippen LogP contribution >= 0.6 is 22.9 Å². The van der Waals surface area contributed by atoms with Gasteiger partial charge in [-0.1, -0.05) is 29.3 Å². The summed E-state index contributed by atoms with van der Waals surface area (Å²) in [4.78, 5) is 19.3. The molecule has 1 aromatic heterocycles. The standard InChI is InChI=1S/C22H22ClN3O2S/c1-15-2-6-17(7-3-15)25-22(27)26(19-8-9-19)12-18-14-29-21(24-18)13-28-20-10-4-16(23)5-11-20/h2-7,10-11,14,19H,8-9,12-13H2,1H3,(H,25,27). The summed E-state index contributed by atoms with van der Waals surface area (Å²) in [6.45, 7) is 2.92. The maximum atomic E-state index is 12.8. The summed E-state index contributed by atoms with van der Waals surface area (Å²) in [6, 6.07) is 15.3. The van der Waals surface area contributed by atoms with Crippen LogP contribution in [0, 0.1) is 6.92 Å². The third-order valence-corrected chi connectivity index (χ3v) is 5.78. The van der Waals surface area contributed by atoms with Crippen molar-refractivity contribution < 1.29 is 9.53 Å². The first kappa shape index (κ1) is 19.7. The maximum Gasteiger partial charge on any atom is 0.322 e. The molecule has 4 rings (SSSR count). The van der Waals surface area contributed by atoms with Crippen LogP contribution in [0.1, 0.15) is 29.1 Å². The Bertz CT molecular complexity index is 968. The number of rotatable bonds is 7. The number of urea groups is 1. The van der Waals surface area contributed by atoms with Gasteiger partial charge in [0.2, 0.25) is 0 Å². The summed E-state index contributed by atoms with van der Waals surface area (Å²) in [5, 5.41) is 6.55. The average molecular weight is 428 g/mol. The van der Waals surface area contributed by atoms with Gasteiger partial charge < -0.3 is 15.0 Å². The molecule has 0 bridgehead atoms. The van der Waals surface area contributed by atoms with E-state index in [-0.39, 0.29) is 12.1 Å². The third-order valence-electron chi connectivity index (χ3n) is 4.66. The fraction of sp³-hybridized carbons (Fsp3) is 0.273. The fourth-order valence-electron chi connectivity index (χ4n) is 2.92. The van der Waals surface area contributed by atoms with Crippen LogP contribution in [0.3, 0.4) is 0 Å². The summed E-state index contributed by atoms with van der Waals surface area (Å²) in [7, 11) is 0. The van der Waals surface area contributed by atoms with Crippen LogP contribution in [0.15, 0.2) is 53.9 Å². The second kappa shape index (κ2) is 8.84. The van der Waals surface area contributed by atoms with Crippen molar-refractivity contribution in [3.05, 3.63) is 75.2 Å². The highest BCUT2D eigenvalue weighted by atomic mass is 35.5. The number of amides is 2. The highest BCUT2D eigenvalue weighted by Gasteiger charge is 2.33. The van der Waals surface area contributed by atoms with E-state index >= 15 is 0 Å². The Morgan fingerprint density at radius 3 is 2.62 bits per heavy atom. The molecule has 1 heterocycles. The van der Waals surface area contributed by atoms with Crippen molar-refractivity contribution in [2.24, 2.45) is 0 Å². The second-order valence-electron chi connectivity index (χ2n) is 7.13. The number of halogens is 1. The third kappa shape index (κ3) is 5.49. The predicted molar refractivity (Wildman–Crippen MR) is 117 cm³/mol. The molecule has 2 amide bonds. The number of nitrogens with zero attached hydrogens (tertiary/aromatic N) is 2. The van der Waals surface area contributed by atoms with Gasteiger partial charge in [0, 0.05) is 22.1 Å². The zero-order chi connectivity index (χ0) is 20.2. The average Bonchev–Trinajstić information content (AvgIpc) is 3.46. The second-order valence-corrected chi connectivity index (χ2v) is 8.51. The molecular formula is C22H22ClN3O2S. The van der Waals surface area contributed by atoms with Crippen molar-refractivity contribution in [3.8, 4) is 5.75 Å². The zero-order valence-corrected chi connectivity index (χ0v) is 17.7. The molecule has 7 heteroatoms. The van der Waals surface area contributed by atoms with Crippen molar-refractivity contribution in [1.29, 1.82) is 0 Å². The molecule has 5 nitrogen and oxygen atoms in total. The van der Waals surface area contributed by atoms with Crippen molar-refractivity contribution >= 4 is 34.7 Å². The molecule has 0 saturated heterocycles. The van der Waals surface area contributed by atoms with Crippen LogP contribution in [-0.4, -0.2) is 22.0 Å². The van der Waals surface area contributed by atoms with Gasteiger partial charge in [0.15, 0.2) is 0 Å². The van der Waals surface area contributed by atoms with Gasteiger partial charge >= 0.3 is 6.03 Å². The van der Waals surface area contributed by atoms with E-state index in [0.717, 1.165) is 40.5 Å². The molecule has 1 fully saturated rings.